The minimum atomic E-state index is 0.876. The molecule has 0 bridgehead atoms. The van der Waals surface area contributed by atoms with E-state index in [0.29, 0.717) is 0 Å². The second-order valence-electron chi connectivity index (χ2n) is 3.76. The number of hydrogen-bond acceptors (Lipinski definition) is 1. The highest BCUT2D eigenvalue weighted by Crippen LogP contribution is 2.16. The zero-order chi connectivity index (χ0) is 10.8. The molecule has 0 aliphatic rings. The van der Waals surface area contributed by atoms with Crippen LogP contribution in [-0.2, 0) is 0 Å². The number of rotatable bonds is 1. The summed E-state index contributed by atoms with van der Waals surface area (Å²) in [5.74, 6) is 0. The maximum atomic E-state index is 5.33. The van der Waals surface area contributed by atoms with Gasteiger partial charge in [-0.3, -0.25) is 0 Å². The Bertz CT molecular complexity index is 503. The fourth-order valence-corrected chi connectivity index (χ4v) is 1.71. The van der Waals surface area contributed by atoms with Crippen molar-refractivity contribution >= 4 is 28.0 Å². The summed E-state index contributed by atoms with van der Waals surface area (Å²) in [5, 5.41) is 2.49. The molecule has 0 aliphatic heterocycles. The van der Waals surface area contributed by atoms with Crippen molar-refractivity contribution in [2.45, 2.75) is 0 Å². The predicted molar refractivity (Wildman–Crippen MR) is 69.3 cm³/mol. The Kier molecular flexibility index (Phi) is 2.69. The van der Waals surface area contributed by atoms with Gasteiger partial charge in [-0.2, -0.15) is 0 Å². The second-order valence-corrected chi connectivity index (χ2v) is 4.15. The van der Waals surface area contributed by atoms with E-state index in [0.717, 1.165) is 10.6 Å². The van der Waals surface area contributed by atoms with Gasteiger partial charge in [0.25, 0.3) is 0 Å². The van der Waals surface area contributed by atoms with Gasteiger partial charge in [-0.1, -0.05) is 48.6 Å². The molecule has 0 radical (unpaired) electrons. The highest BCUT2D eigenvalue weighted by Gasteiger charge is 2.03. The molecule has 2 aromatic carbocycles. The number of benzene rings is 2. The first-order valence-electron chi connectivity index (χ1n) is 4.89. The Labute approximate surface area is 95.3 Å². The first-order chi connectivity index (χ1) is 7.18. The molecule has 2 aromatic rings. The van der Waals surface area contributed by atoms with Crippen LogP contribution in [0.2, 0.25) is 0 Å². The van der Waals surface area contributed by atoms with Crippen LogP contribution in [0.4, 0.5) is 0 Å². The molecular weight excluding hydrogens is 202 g/mol. The van der Waals surface area contributed by atoms with Crippen LogP contribution in [0, 0.1) is 0 Å². The fraction of sp³-hybridized carbons (Fsp3) is 0.154. The van der Waals surface area contributed by atoms with Crippen LogP contribution in [0.15, 0.2) is 42.5 Å². The number of nitrogens with zero attached hydrogens (tertiary/aromatic N) is 1. The molecule has 0 amide bonds. The van der Waals surface area contributed by atoms with Crippen molar-refractivity contribution in [3.8, 4) is 0 Å². The van der Waals surface area contributed by atoms with Gasteiger partial charge in [0.2, 0.25) is 0 Å². The summed E-state index contributed by atoms with van der Waals surface area (Å²) >= 11 is 5.33. The van der Waals surface area contributed by atoms with E-state index < -0.39 is 0 Å². The van der Waals surface area contributed by atoms with E-state index in [1.54, 1.807) is 0 Å². The normalized spacial score (nSPS) is 10.3. The number of thiocarbonyl (C=S) groups is 1. The van der Waals surface area contributed by atoms with Crippen LogP contribution < -0.4 is 0 Å². The van der Waals surface area contributed by atoms with Crippen molar-refractivity contribution in [3.05, 3.63) is 48.0 Å². The van der Waals surface area contributed by atoms with Crippen LogP contribution in [0.1, 0.15) is 5.56 Å². The molecule has 0 spiro atoms. The third kappa shape index (κ3) is 2.00. The maximum absolute atomic E-state index is 5.33. The van der Waals surface area contributed by atoms with E-state index >= 15 is 0 Å². The van der Waals surface area contributed by atoms with Gasteiger partial charge in [-0.15, -0.1) is 0 Å². The summed E-state index contributed by atoms with van der Waals surface area (Å²) in [6, 6.07) is 14.6. The van der Waals surface area contributed by atoms with Crippen LogP contribution in [0.5, 0.6) is 0 Å². The summed E-state index contributed by atoms with van der Waals surface area (Å²) in [6.45, 7) is 0. The zero-order valence-corrected chi connectivity index (χ0v) is 9.71. The third-order valence-corrected chi connectivity index (χ3v) is 3.00. The van der Waals surface area contributed by atoms with Crippen LogP contribution in [0.3, 0.4) is 0 Å². The SMILES string of the molecule is CN(C)C(=S)c1ccc2ccccc2c1. The second kappa shape index (κ2) is 3.99. The third-order valence-electron chi connectivity index (χ3n) is 2.40. The van der Waals surface area contributed by atoms with Gasteiger partial charge in [-0.25, -0.2) is 0 Å². The molecule has 0 N–H and O–H groups in total. The molecule has 0 atom stereocenters. The van der Waals surface area contributed by atoms with E-state index in [1.165, 1.54) is 10.8 Å². The van der Waals surface area contributed by atoms with E-state index in [-0.39, 0.29) is 0 Å². The topological polar surface area (TPSA) is 3.24 Å². The highest BCUT2D eigenvalue weighted by molar-refractivity contribution is 7.80. The van der Waals surface area contributed by atoms with Crippen molar-refractivity contribution < 1.29 is 0 Å². The highest BCUT2D eigenvalue weighted by atomic mass is 32.1. The molecule has 2 heteroatoms. The van der Waals surface area contributed by atoms with Gasteiger partial charge in [0.1, 0.15) is 4.99 Å². The Morgan fingerprint density at radius 1 is 1.00 bits per heavy atom. The van der Waals surface area contributed by atoms with E-state index in [4.69, 9.17) is 12.2 Å². The number of hydrogen-bond donors (Lipinski definition) is 0. The summed E-state index contributed by atoms with van der Waals surface area (Å²) < 4.78 is 0. The molecule has 76 valence electrons. The molecular formula is C13H13NS. The predicted octanol–water partition coefficient (Wildman–Crippen LogP) is 3.08. The molecule has 0 saturated carbocycles. The molecule has 1 nitrogen and oxygen atoms in total. The van der Waals surface area contributed by atoms with Crippen molar-refractivity contribution in [1.29, 1.82) is 0 Å². The Morgan fingerprint density at radius 3 is 2.33 bits per heavy atom. The molecule has 0 fully saturated rings. The van der Waals surface area contributed by atoms with Gasteiger partial charge in [0.05, 0.1) is 0 Å². The lowest BCUT2D eigenvalue weighted by atomic mass is 10.1. The van der Waals surface area contributed by atoms with Crippen molar-refractivity contribution in [3.63, 3.8) is 0 Å². The number of fused-ring (bicyclic) bond motifs is 1. The standard InChI is InChI=1S/C13H13NS/c1-14(2)13(15)12-8-7-10-5-3-4-6-11(10)9-12/h3-9H,1-2H3. The maximum Gasteiger partial charge on any atom is 0.108 e. The average Bonchev–Trinajstić information content (AvgIpc) is 2.27. The minimum Gasteiger partial charge on any atom is -0.368 e. The zero-order valence-electron chi connectivity index (χ0n) is 8.90. The molecule has 0 unspecified atom stereocenters. The summed E-state index contributed by atoms with van der Waals surface area (Å²) in [6.07, 6.45) is 0. The molecule has 0 aromatic heterocycles. The summed E-state index contributed by atoms with van der Waals surface area (Å²) in [4.78, 5) is 2.83. The van der Waals surface area contributed by atoms with Crippen molar-refractivity contribution in [1.82, 2.24) is 4.90 Å². The summed E-state index contributed by atoms with van der Waals surface area (Å²) in [7, 11) is 3.94. The molecule has 15 heavy (non-hydrogen) atoms. The van der Waals surface area contributed by atoms with E-state index in [1.807, 2.05) is 31.1 Å². The summed E-state index contributed by atoms with van der Waals surface area (Å²) in [5.41, 5.74) is 1.11. The molecule has 2 rings (SSSR count). The lowest BCUT2D eigenvalue weighted by molar-refractivity contribution is 0.637. The average molecular weight is 215 g/mol. The smallest absolute Gasteiger partial charge is 0.108 e. The van der Waals surface area contributed by atoms with Gasteiger partial charge >= 0.3 is 0 Å². The monoisotopic (exact) mass is 215 g/mol. The molecule has 0 saturated heterocycles. The minimum absolute atomic E-state index is 0.876. The van der Waals surface area contributed by atoms with E-state index in [2.05, 4.69) is 30.3 Å². The molecule has 0 aliphatic carbocycles. The molecule has 0 heterocycles. The van der Waals surface area contributed by atoms with Crippen LogP contribution >= 0.6 is 12.2 Å². The van der Waals surface area contributed by atoms with Gasteiger partial charge < -0.3 is 4.90 Å². The van der Waals surface area contributed by atoms with Crippen LogP contribution in [0.25, 0.3) is 10.8 Å². The first-order valence-corrected chi connectivity index (χ1v) is 5.30. The lowest BCUT2D eigenvalue weighted by Crippen LogP contribution is -2.20. The quantitative estimate of drug-likeness (QED) is 0.673. The van der Waals surface area contributed by atoms with Crippen molar-refractivity contribution in [2.24, 2.45) is 0 Å². The Balaban J connectivity index is 2.52. The van der Waals surface area contributed by atoms with E-state index in [9.17, 15) is 0 Å². The van der Waals surface area contributed by atoms with Crippen LogP contribution in [-0.4, -0.2) is 24.0 Å². The van der Waals surface area contributed by atoms with Gasteiger partial charge in [0.15, 0.2) is 0 Å². The largest absolute Gasteiger partial charge is 0.368 e. The first kappa shape index (κ1) is 10.1. The van der Waals surface area contributed by atoms with Gasteiger partial charge in [-0.05, 0) is 16.8 Å². The Morgan fingerprint density at radius 2 is 1.67 bits per heavy atom. The fourth-order valence-electron chi connectivity index (χ4n) is 1.58. The lowest BCUT2D eigenvalue weighted by Gasteiger charge is -2.14. The van der Waals surface area contributed by atoms with Crippen molar-refractivity contribution in [2.75, 3.05) is 14.1 Å². The Hall–Kier alpha value is -1.41. The van der Waals surface area contributed by atoms with Gasteiger partial charge in [0, 0.05) is 19.7 Å².